The molecule has 0 spiro atoms. The molecule has 1 heterocycles. The van der Waals surface area contributed by atoms with Gasteiger partial charge in [0.2, 0.25) is 17.6 Å². The molecule has 5 heteroatoms. The number of carbonyl (C=O) groups is 1. The number of hydrogen-bond acceptors (Lipinski definition) is 4. The Morgan fingerprint density at radius 2 is 2.16 bits per heavy atom. The summed E-state index contributed by atoms with van der Waals surface area (Å²) in [6, 6.07) is 7.55. The Bertz CT molecular complexity index is 578. The molecule has 1 atom stereocenters. The standard InChI is InChI=1S/C14H17N3O2/c1-4-12(18)15-10(3)14-16-13(17-19-14)11-8-6-5-7-9(11)2/h5-8,10H,4H2,1-3H3,(H,15,18). The van der Waals surface area contributed by atoms with Gasteiger partial charge in [-0.25, -0.2) is 0 Å². The van der Waals surface area contributed by atoms with Crippen LogP contribution in [0.5, 0.6) is 0 Å². The first kappa shape index (κ1) is 13.3. The van der Waals surface area contributed by atoms with E-state index in [0.717, 1.165) is 11.1 Å². The molecular weight excluding hydrogens is 242 g/mol. The van der Waals surface area contributed by atoms with E-state index < -0.39 is 0 Å². The Morgan fingerprint density at radius 1 is 1.42 bits per heavy atom. The van der Waals surface area contributed by atoms with Crippen molar-refractivity contribution >= 4 is 5.91 Å². The molecule has 100 valence electrons. The molecule has 0 radical (unpaired) electrons. The van der Waals surface area contributed by atoms with Crippen LogP contribution in [0.1, 0.15) is 37.8 Å². The summed E-state index contributed by atoms with van der Waals surface area (Å²) in [6.07, 6.45) is 0.434. The minimum Gasteiger partial charge on any atom is -0.345 e. The van der Waals surface area contributed by atoms with Crippen molar-refractivity contribution in [2.24, 2.45) is 0 Å². The van der Waals surface area contributed by atoms with Crippen LogP contribution in [-0.2, 0) is 4.79 Å². The predicted molar refractivity (Wildman–Crippen MR) is 71.3 cm³/mol. The Kier molecular flexibility index (Phi) is 3.94. The lowest BCUT2D eigenvalue weighted by Gasteiger charge is -2.07. The van der Waals surface area contributed by atoms with Gasteiger partial charge in [-0.3, -0.25) is 4.79 Å². The molecule has 5 nitrogen and oxygen atoms in total. The average Bonchev–Trinajstić information content (AvgIpc) is 2.88. The molecule has 1 unspecified atom stereocenters. The first-order chi connectivity index (χ1) is 9.11. The summed E-state index contributed by atoms with van der Waals surface area (Å²) in [7, 11) is 0. The summed E-state index contributed by atoms with van der Waals surface area (Å²) < 4.78 is 5.21. The van der Waals surface area contributed by atoms with E-state index in [9.17, 15) is 4.79 Å². The number of aromatic nitrogens is 2. The third kappa shape index (κ3) is 2.99. The second kappa shape index (κ2) is 5.65. The van der Waals surface area contributed by atoms with Crippen molar-refractivity contribution in [3.8, 4) is 11.4 Å². The van der Waals surface area contributed by atoms with Crippen molar-refractivity contribution in [3.05, 3.63) is 35.7 Å². The van der Waals surface area contributed by atoms with E-state index in [0.29, 0.717) is 18.1 Å². The third-order valence-corrected chi connectivity index (χ3v) is 2.90. The zero-order valence-electron chi connectivity index (χ0n) is 11.3. The summed E-state index contributed by atoms with van der Waals surface area (Å²) in [5, 5.41) is 6.75. The average molecular weight is 259 g/mol. The molecule has 1 aromatic carbocycles. The SMILES string of the molecule is CCC(=O)NC(C)c1nc(-c2ccccc2C)no1. The molecule has 2 aromatic rings. The van der Waals surface area contributed by atoms with E-state index >= 15 is 0 Å². The molecule has 0 aliphatic heterocycles. The van der Waals surface area contributed by atoms with Gasteiger partial charge in [-0.2, -0.15) is 4.98 Å². The Hall–Kier alpha value is -2.17. The Balaban J connectivity index is 2.20. The molecule has 0 saturated heterocycles. The fourth-order valence-electron chi connectivity index (χ4n) is 1.75. The lowest BCUT2D eigenvalue weighted by Crippen LogP contribution is -2.25. The van der Waals surface area contributed by atoms with Gasteiger partial charge in [-0.1, -0.05) is 36.3 Å². The fraction of sp³-hybridized carbons (Fsp3) is 0.357. The van der Waals surface area contributed by atoms with Crippen LogP contribution >= 0.6 is 0 Å². The number of nitrogens with one attached hydrogen (secondary N) is 1. The van der Waals surface area contributed by atoms with Gasteiger partial charge < -0.3 is 9.84 Å². The normalized spacial score (nSPS) is 12.2. The summed E-state index contributed by atoms with van der Waals surface area (Å²) in [5.41, 5.74) is 2.02. The predicted octanol–water partition coefficient (Wildman–Crippen LogP) is 2.63. The first-order valence-electron chi connectivity index (χ1n) is 6.30. The lowest BCUT2D eigenvalue weighted by atomic mass is 10.1. The molecule has 19 heavy (non-hydrogen) atoms. The molecule has 0 aliphatic carbocycles. The van der Waals surface area contributed by atoms with Crippen LogP contribution in [0, 0.1) is 6.92 Å². The fourth-order valence-corrected chi connectivity index (χ4v) is 1.75. The Morgan fingerprint density at radius 3 is 2.84 bits per heavy atom. The molecular formula is C14H17N3O2. The van der Waals surface area contributed by atoms with Crippen LogP contribution in [-0.4, -0.2) is 16.0 Å². The van der Waals surface area contributed by atoms with Crippen LogP contribution in [0.4, 0.5) is 0 Å². The molecule has 1 N–H and O–H groups in total. The largest absolute Gasteiger partial charge is 0.345 e. The number of hydrogen-bond donors (Lipinski definition) is 1. The first-order valence-corrected chi connectivity index (χ1v) is 6.30. The summed E-state index contributed by atoms with van der Waals surface area (Å²) >= 11 is 0. The highest BCUT2D eigenvalue weighted by Gasteiger charge is 2.17. The highest BCUT2D eigenvalue weighted by Crippen LogP contribution is 2.21. The zero-order chi connectivity index (χ0) is 13.8. The minimum atomic E-state index is -0.280. The van der Waals surface area contributed by atoms with Gasteiger partial charge in [-0.05, 0) is 19.4 Å². The number of benzene rings is 1. The number of amides is 1. The van der Waals surface area contributed by atoms with Crippen molar-refractivity contribution in [1.29, 1.82) is 0 Å². The number of carbonyl (C=O) groups excluding carboxylic acids is 1. The van der Waals surface area contributed by atoms with Gasteiger partial charge in [0.1, 0.15) is 6.04 Å². The van der Waals surface area contributed by atoms with Crippen LogP contribution in [0.3, 0.4) is 0 Å². The molecule has 0 fully saturated rings. The maximum atomic E-state index is 11.3. The van der Waals surface area contributed by atoms with Gasteiger partial charge in [-0.15, -0.1) is 0 Å². The smallest absolute Gasteiger partial charge is 0.249 e. The van der Waals surface area contributed by atoms with Crippen LogP contribution in [0.2, 0.25) is 0 Å². The summed E-state index contributed by atoms with van der Waals surface area (Å²) in [4.78, 5) is 15.7. The van der Waals surface area contributed by atoms with Crippen molar-refractivity contribution in [1.82, 2.24) is 15.5 Å². The number of rotatable bonds is 4. The second-order valence-electron chi connectivity index (χ2n) is 4.41. The monoisotopic (exact) mass is 259 g/mol. The maximum absolute atomic E-state index is 11.3. The number of nitrogens with zero attached hydrogens (tertiary/aromatic N) is 2. The van der Waals surface area contributed by atoms with E-state index in [1.807, 2.05) is 38.1 Å². The number of aryl methyl sites for hydroxylation is 1. The van der Waals surface area contributed by atoms with Gasteiger partial charge in [0.25, 0.3) is 0 Å². The van der Waals surface area contributed by atoms with Gasteiger partial charge in [0, 0.05) is 12.0 Å². The maximum Gasteiger partial charge on any atom is 0.249 e. The second-order valence-corrected chi connectivity index (χ2v) is 4.41. The molecule has 2 rings (SSSR count). The highest BCUT2D eigenvalue weighted by molar-refractivity contribution is 5.75. The van der Waals surface area contributed by atoms with Gasteiger partial charge >= 0.3 is 0 Å². The molecule has 0 aliphatic rings. The van der Waals surface area contributed by atoms with E-state index in [-0.39, 0.29) is 11.9 Å². The van der Waals surface area contributed by atoms with Crippen molar-refractivity contribution in [2.45, 2.75) is 33.2 Å². The van der Waals surface area contributed by atoms with Crippen LogP contribution < -0.4 is 5.32 Å². The zero-order valence-corrected chi connectivity index (χ0v) is 11.3. The molecule has 0 bridgehead atoms. The molecule has 1 aromatic heterocycles. The lowest BCUT2D eigenvalue weighted by molar-refractivity contribution is -0.121. The topological polar surface area (TPSA) is 68.0 Å². The molecule has 0 saturated carbocycles. The molecule has 1 amide bonds. The minimum absolute atomic E-state index is 0.0388. The van der Waals surface area contributed by atoms with E-state index in [1.165, 1.54) is 0 Å². The van der Waals surface area contributed by atoms with Crippen molar-refractivity contribution < 1.29 is 9.32 Å². The third-order valence-electron chi connectivity index (χ3n) is 2.90. The summed E-state index contributed by atoms with van der Waals surface area (Å²) in [5.74, 6) is 0.925. The summed E-state index contributed by atoms with van der Waals surface area (Å²) in [6.45, 7) is 5.62. The van der Waals surface area contributed by atoms with Crippen LogP contribution in [0.15, 0.2) is 28.8 Å². The van der Waals surface area contributed by atoms with Gasteiger partial charge in [0.15, 0.2) is 0 Å². The Labute approximate surface area is 112 Å². The van der Waals surface area contributed by atoms with E-state index in [2.05, 4.69) is 15.5 Å². The van der Waals surface area contributed by atoms with Gasteiger partial charge in [0.05, 0.1) is 0 Å². The quantitative estimate of drug-likeness (QED) is 0.916. The highest BCUT2D eigenvalue weighted by atomic mass is 16.5. The van der Waals surface area contributed by atoms with E-state index in [4.69, 9.17) is 4.52 Å². The van der Waals surface area contributed by atoms with Crippen molar-refractivity contribution in [2.75, 3.05) is 0 Å². The van der Waals surface area contributed by atoms with Crippen molar-refractivity contribution in [3.63, 3.8) is 0 Å². The van der Waals surface area contributed by atoms with Crippen LogP contribution in [0.25, 0.3) is 11.4 Å². The van der Waals surface area contributed by atoms with E-state index in [1.54, 1.807) is 6.92 Å².